The van der Waals surface area contributed by atoms with Crippen molar-refractivity contribution >= 4 is 5.91 Å². The minimum Gasteiger partial charge on any atom is -0.347 e. The van der Waals surface area contributed by atoms with E-state index in [0.717, 1.165) is 56.6 Å². The fraction of sp³-hybridized carbons (Fsp3) is 0.565. The molecule has 1 saturated heterocycles. The molecule has 1 aromatic carbocycles. The van der Waals surface area contributed by atoms with Gasteiger partial charge in [-0.1, -0.05) is 31.0 Å². The highest BCUT2D eigenvalue weighted by Crippen LogP contribution is 2.26. The highest BCUT2D eigenvalue weighted by atomic mass is 16.2. The Morgan fingerprint density at radius 1 is 1.04 bits per heavy atom. The van der Waals surface area contributed by atoms with Gasteiger partial charge in [0.05, 0.1) is 5.69 Å². The monoisotopic (exact) mass is 380 g/mol. The fourth-order valence-corrected chi connectivity index (χ4v) is 4.61. The first-order chi connectivity index (χ1) is 13.7. The lowest BCUT2D eigenvalue weighted by molar-refractivity contribution is 0.0919. The molecular formula is C23H32N4O. The van der Waals surface area contributed by atoms with E-state index in [-0.39, 0.29) is 11.9 Å². The van der Waals surface area contributed by atoms with Crippen LogP contribution < -0.4 is 5.32 Å². The predicted octanol–water partition coefficient (Wildman–Crippen LogP) is 3.75. The number of nitrogens with one attached hydrogen (secondary N) is 1. The minimum atomic E-state index is -0.0164. The average Bonchev–Trinajstić information content (AvgIpc) is 2.90. The Morgan fingerprint density at radius 3 is 2.54 bits per heavy atom. The average molecular weight is 381 g/mol. The third kappa shape index (κ3) is 4.30. The number of piperidine rings is 1. The van der Waals surface area contributed by atoms with E-state index in [0.29, 0.717) is 5.69 Å². The van der Waals surface area contributed by atoms with Crippen LogP contribution in [0.3, 0.4) is 0 Å². The van der Waals surface area contributed by atoms with Crippen molar-refractivity contribution < 1.29 is 4.79 Å². The Labute approximate surface area is 168 Å². The molecule has 5 heteroatoms. The first-order valence-electron chi connectivity index (χ1n) is 10.9. The molecule has 2 aliphatic rings. The number of fused-ring (bicyclic) bond motifs is 1. The summed E-state index contributed by atoms with van der Waals surface area (Å²) in [5.41, 5.74) is 4.05. The second kappa shape index (κ2) is 8.91. The second-order valence-corrected chi connectivity index (χ2v) is 8.32. The third-order valence-corrected chi connectivity index (χ3v) is 6.00. The van der Waals surface area contributed by atoms with E-state index >= 15 is 0 Å². The van der Waals surface area contributed by atoms with Crippen molar-refractivity contribution in [2.75, 3.05) is 19.6 Å². The van der Waals surface area contributed by atoms with Gasteiger partial charge in [-0.2, -0.15) is 5.10 Å². The summed E-state index contributed by atoms with van der Waals surface area (Å²) in [6.07, 6.45) is 9.34. The summed E-state index contributed by atoms with van der Waals surface area (Å²) in [5.74, 6) is -0.0164. The topological polar surface area (TPSA) is 50.2 Å². The number of benzene rings is 1. The lowest BCUT2D eigenvalue weighted by Crippen LogP contribution is -2.44. The molecule has 0 bridgehead atoms. The molecule has 1 aliphatic heterocycles. The maximum absolute atomic E-state index is 13.1. The lowest BCUT2D eigenvalue weighted by Gasteiger charge is -2.29. The van der Waals surface area contributed by atoms with Gasteiger partial charge in [-0.05, 0) is 70.7 Å². The summed E-state index contributed by atoms with van der Waals surface area (Å²) in [4.78, 5) is 15.6. The van der Waals surface area contributed by atoms with Crippen LogP contribution in [-0.2, 0) is 12.8 Å². The van der Waals surface area contributed by atoms with E-state index in [1.54, 1.807) is 0 Å². The third-order valence-electron chi connectivity index (χ3n) is 6.00. The number of hydrogen-bond donors (Lipinski definition) is 1. The van der Waals surface area contributed by atoms with Crippen molar-refractivity contribution in [2.45, 2.75) is 64.3 Å². The molecule has 28 heavy (non-hydrogen) atoms. The standard InChI is InChI=1S/C23H32N4O/c1-18(17-26-15-9-4-10-16-26)24-23(28)22-20-13-7-3-8-14-21(20)27(25-22)19-11-5-2-6-12-19/h2,5-6,11-12,18H,3-4,7-10,13-17H2,1H3,(H,24,28). The molecule has 2 heterocycles. The van der Waals surface area contributed by atoms with E-state index in [1.807, 2.05) is 22.9 Å². The van der Waals surface area contributed by atoms with Crippen LogP contribution in [0.5, 0.6) is 0 Å². The van der Waals surface area contributed by atoms with Crippen LogP contribution in [0.1, 0.15) is 67.2 Å². The highest BCUT2D eigenvalue weighted by molar-refractivity contribution is 5.94. The Morgan fingerprint density at radius 2 is 1.75 bits per heavy atom. The van der Waals surface area contributed by atoms with Crippen LogP contribution in [0.15, 0.2) is 30.3 Å². The van der Waals surface area contributed by atoms with Crippen LogP contribution in [0.25, 0.3) is 5.69 Å². The van der Waals surface area contributed by atoms with Crippen LogP contribution in [0, 0.1) is 0 Å². The Kier molecular flexibility index (Phi) is 6.10. The maximum Gasteiger partial charge on any atom is 0.272 e. The van der Waals surface area contributed by atoms with Crippen molar-refractivity contribution in [1.29, 1.82) is 0 Å². The number of para-hydroxylation sites is 1. The van der Waals surface area contributed by atoms with E-state index in [4.69, 9.17) is 5.10 Å². The molecule has 1 unspecified atom stereocenters. The van der Waals surface area contributed by atoms with Gasteiger partial charge in [0.2, 0.25) is 0 Å². The van der Waals surface area contributed by atoms with E-state index < -0.39 is 0 Å². The van der Waals surface area contributed by atoms with Crippen LogP contribution in [0.2, 0.25) is 0 Å². The Hall–Kier alpha value is -2.14. The molecule has 5 nitrogen and oxygen atoms in total. The number of amides is 1. The number of carbonyl (C=O) groups excluding carboxylic acids is 1. The molecule has 0 saturated carbocycles. The van der Waals surface area contributed by atoms with E-state index in [1.165, 1.54) is 31.4 Å². The summed E-state index contributed by atoms with van der Waals surface area (Å²) in [5, 5.41) is 8.02. The molecule has 0 spiro atoms. The maximum atomic E-state index is 13.1. The molecule has 1 fully saturated rings. The summed E-state index contributed by atoms with van der Waals surface area (Å²) in [7, 11) is 0. The zero-order valence-corrected chi connectivity index (χ0v) is 17.0. The molecule has 150 valence electrons. The zero-order valence-electron chi connectivity index (χ0n) is 17.0. The van der Waals surface area contributed by atoms with Crippen molar-refractivity contribution in [3.63, 3.8) is 0 Å². The molecule has 1 N–H and O–H groups in total. The van der Waals surface area contributed by atoms with E-state index in [2.05, 4.69) is 29.3 Å². The number of hydrogen-bond acceptors (Lipinski definition) is 3. The predicted molar refractivity (Wildman–Crippen MR) is 112 cm³/mol. The van der Waals surface area contributed by atoms with Crippen LogP contribution in [-0.4, -0.2) is 46.3 Å². The Bertz CT molecular complexity index is 792. The number of rotatable bonds is 5. The molecule has 1 aromatic heterocycles. The number of carbonyl (C=O) groups is 1. The van der Waals surface area contributed by atoms with Gasteiger partial charge in [0.15, 0.2) is 5.69 Å². The number of nitrogens with zero attached hydrogens (tertiary/aromatic N) is 3. The van der Waals surface area contributed by atoms with Gasteiger partial charge < -0.3 is 10.2 Å². The molecule has 0 radical (unpaired) electrons. The first-order valence-corrected chi connectivity index (χ1v) is 10.9. The van der Waals surface area contributed by atoms with Crippen molar-refractivity contribution in [2.24, 2.45) is 0 Å². The molecule has 1 aliphatic carbocycles. The number of likely N-dealkylation sites (tertiary alicyclic amines) is 1. The van der Waals surface area contributed by atoms with Gasteiger partial charge in [-0.15, -0.1) is 0 Å². The second-order valence-electron chi connectivity index (χ2n) is 8.32. The molecule has 2 aromatic rings. The lowest BCUT2D eigenvalue weighted by atomic mass is 10.1. The molecule has 4 rings (SSSR count). The zero-order chi connectivity index (χ0) is 19.3. The van der Waals surface area contributed by atoms with Crippen LogP contribution >= 0.6 is 0 Å². The highest BCUT2D eigenvalue weighted by Gasteiger charge is 2.26. The largest absolute Gasteiger partial charge is 0.347 e. The molecule has 1 atom stereocenters. The van der Waals surface area contributed by atoms with Gasteiger partial charge in [0.1, 0.15) is 0 Å². The summed E-state index contributed by atoms with van der Waals surface area (Å²) in [6, 6.07) is 10.3. The number of aromatic nitrogens is 2. The normalized spacial score (nSPS) is 18.9. The van der Waals surface area contributed by atoms with Crippen molar-refractivity contribution in [1.82, 2.24) is 20.0 Å². The van der Waals surface area contributed by atoms with Gasteiger partial charge in [-0.3, -0.25) is 4.79 Å². The Balaban J connectivity index is 1.54. The van der Waals surface area contributed by atoms with Crippen molar-refractivity contribution in [3.05, 3.63) is 47.3 Å². The summed E-state index contributed by atoms with van der Waals surface area (Å²) >= 11 is 0. The summed E-state index contributed by atoms with van der Waals surface area (Å²) < 4.78 is 2.00. The summed E-state index contributed by atoms with van der Waals surface area (Å²) in [6.45, 7) is 5.34. The minimum absolute atomic E-state index is 0.0164. The van der Waals surface area contributed by atoms with Gasteiger partial charge in [0.25, 0.3) is 5.91 Å². The SMILES string of the molecule is CC(CN1CCCCC1)NC(=O)c1nn(-c2ccccc2)c2c1CCCCC2. The van der Waals surface area contributed by atoms with Gasteiger partial charge in [-0.25, -0.2) is 4.68 Å². The van der Waals surface area contributed by atoms with Crippen LogP contribution in [0.4, 0.5) is 0 Å². The quantitative estimate of drug-likeness (QED) is 0.804. The fourth-order valence-electron chi connectivity index (χ4n) is 4.61. The van der Waals surface area contributed by atoms with E-state index in [9.17, 15) is 4.79 Å². The van der Waals surface area contributed by atoms with Gasteiger partial charge >= 0.3 is 0 Å². The first kappa shape index (κ1) is 19.2. The van der Waals surface area contributed by atoms with Crippen molar-refractivity contribution in [3.8, 4) is 5.69 Å². The smallest absolute Gasteiger partial charge is 0.272 e. The molecular weight excluding hydrogens is 348 g/mol. The van der Waals surface area contributed by atoms with Gasteiger partial charge in [0, 0.05) is 23.8 Å². The molecule has 1 amide bonds.